The summed E-state index contributed by atoms with van der Waals surface area (Å²) in [5.74, 6) is 0.438. The van der Waals surface area contributed by atoms with E-state index in [0.29, 0.717) is 23.5 Å². The Hall–Kier alpha value is -3.06. The van der Waals surface area contributed by atoms with E-state index < -0.39 is 12.6 Å². The molecule has 0 saturated heterocycles. The highest BCUT2D eigenvalue weighted by atomic mass is 16.5. The van der Waals surface area contributed by atoms with Crippen LogP contribution in [-0.2, 0) is 27.4 Å². The predicted octanol–water partition coefficient (Wildman–Crippen LogP) is 3.30. The van der Waals surface area contributed by atoms with E-state index in [2.05, 4.69) is 0 Å². The van der Waals surface area contributed by atoms with E-state index in [-0.39, 0.29) is 18.3 Å². The number of rotatable bonds is 7. The molecule has 0 spiro atoms. The van der Waals surface area contributed by atoms with Crippen LogP contribution in [0.4, 0.5) is 0 Å². The highest BCUT2D eigenvalue weighted by Crippen LogP contribution is 2.27. The molecule has 0 fully saturated rings. The number of fused-ring (bicyclic) bond motifs is 1. The van der Waals surface area contributed by atoms with E-state index in [1.54, 1.807) is 19.2 Å². The molecular formula is C20H21NO6. The van der Waals surface area contributed by atoms with Gasteiger partial charge in [0, 0.05) is 25.1 Å². The molecule has 3 rings (SSSR count). The highest BCUT2D eigenvalue weighted by molar-refractivity contribution is 5.96. The topological polar surface area (TPSA) is 82.1 Å². The van der Waals surface area contributed by atoms with Gasteiger partial charge in [0.25, 0.3) is 5.91 Å². The van der Waals surface area contributed by atoms with Gasteiger partial charge in [-0.2, -0.15) is 0 Å². The zero-order chi connectivity index (χ0) is 19.4. The fraction of sp³-hybridized carbons (Fsp3) is 0.300. The second-order valence-corrected chi connectivity index (χ2v) is 6.18. The Bertz CT molecular complexity index is 954. The Morgan fingerprint density at radius 1 is 1.11 bits per heavy atom. The van der Waals surface area contributed by atoms with Crippen molar-refractivity contribution in [3.8, 4) is 0 Å². The predicted molar refractivity (Wildman–Crippen MR) is 97.1 cm³/mol. The summed E-state index contributed by atoms with van der Waals surface area (Å²) in [5.41, 5.74) is 1.16. The number of esters is 1. The molecule has 2 heterocycles. The Balaban J connectivity index is 1.65. The van der Waals surface area contributed by atoms with Crippen LogP contribution in [0.25, 0.3) is 11.0 Å². The largest absolute Gasteiger partial charge is 0.464 e. The van der Waals surface area contributed by atoms with E-state index >= 15 is 0 Å². The summed E-state index contributed by atoms with van der Waals surface area (Å²) >= 11 is 0. The van der Waals surface area contributed by atoms with Crippen LogP contribution in [0, 0.1) is 6.92 Å². The van der Waals surface area contributed by atoms with Gasteiger partial charge in [0.05, 0.1) is 13.2 Å². The lowest BCUT2D eigenvalue weighted by Gasteiger charge is -2.15. The molecular weight excluding hydrogens is 350 g/mol. The lowest BCUT2D eigenvalue weighted by molar-refractivity contribution is -0.134. The Labute approximate surface area is 156 Å². The van der Waals surface area contributed by atoms with Crippen LogP contribution in [0.5, 0.6) is 0 Å². The second-order valence-electron chi connectivity index (χ2n) is 6.18. The normalized spacial score (nSPS) is 10.9. The minimum atomic E-state index is -0.700. The number of para-hydroxylation sites is 1. The molecule has 0 aliphatic heterocycles. The van der Waals surface area contributed by atoms with Gasteiger partial charge < -0.3 is 23.2 Å². The van der Waals surface area contributed by atoms with E-state index in [0.717, 1.165) is 11.1 Å². The first-order chi connectivity index (χ1) is 13.0. The summed E-state index contributed by atoms with van der Waals surface area (Å²) in [6, 6.07) is 10.9. The van der Waals surface area contributed by atoms with E-state index in [1.807, 2.05) is 31.2 Å². The number of carbonyl (C=O) groups is 2. The van der Waals surface area contributed by atoms with Gasteiger partial charge in [-0.3, -0.25) is 4.79 Å². The Kier molecular flexibility index (Phi) is 5.61. The molecule has 0 aliphatic carbocycles. The molecule has 0 N–H and O–H groups in total. The van der Waals surface area contributed by atoms with Crippen molar-refractivity contribution in [1.82, 2.24) is 4.90 Å². The molecule has 0 unspecified atom stereocenters. The van der Waals surface area contributed by atoms with Gasteiger partial charge in [-0.15, -0.1) is 0 Å². The van der Waals surface area contributed by atoms with E-state index in [1.165, 1.54) is 12.0 Å². The van der Waals surface area contributed by atoms with E-state index in [9.17, 15) is 9.59 Å². The number of benzene rings is 1. The van der Waals surface area contributed by atoms with Crippen LogP contribution >= 0.6 is 0 Å². The van der Waals surface area contributed by atoms with Crippen molar-refractivity contribution in [3.63, 3.8) is 0 Å². The lowest BCUT2D eigenvalue weighted by Crippen LogP contribution is -2.30. The lowest BCUT2D eigenvalue weighted by atomic mass is 10.1. The molecule has 7 nitrogen and oxygen atoms in total. The molecule has 0 bridgehead atoms. The van der Waals surface area contributed by atoms with Crippen molar-refractivity contribution in [2.45, 2.75) is 20.1 Å². The average Bonchev–Trinajstić information content (AvgIpc) is 3.23. The van der Waals surface area contributed by atoms with Gasteiger partial charge >= 0.3 is 5.97 Å². The first-order valence-electron chi connectivity index (χ1n) is 8.45. The number of likely N-dealkylation sites (N-methyl/N-ethyl adjacent to an activating group) is 1. The van der Waals surface area contributed by atoms with Crippen molar-refractivity contribution < 1.29 is 27.9 Å². The summed E-state index contributed by atoms with van der Waals surface area (Å²) in [4.78, 5) is 26.1. The minimum absolute atomic E-state index is 0.0511. The summed E-state index contributed by atoms with van der Waals surface area (Å²) in [6.45, 7) is 1.94. The fourth-order valence-electron chi connectivity index (χ4n) is 2.75. The van der Waals surface area contributed by atoms with E-state index in [4.69, 9.17) is 18.3 Å². The molecule has 0 radical (unpaired) electrons. The number of furan rings is 2. The third kappa shape index (κ3) is 4.20. The molecule has 1 aromatic carbocycles. The van der Waals surface area contributed by atoms with Crippen molar-refractivity contribution in [2.24, 2.45) is 0 Å². The van der Waals surface area contributed by atoms with Crippen molar-refractivity contribution in [3.05, 3.63) is 59.2 Å². The third-order valence-corrected chi connectivity index (χ3v) is 4.11. The van der Waals surface area contributed by atoms with Crippen molar-refractivity contribution in [1.29, 1.82) is 0 Å². The quantitative estimate of drug-likeness (QED) is 0.593. The molecule has 2 aromatic heterocycles. The molecule has 0 atom stereocenters. The average molecular weight is 371 g/mol. The molecule has 0 aliphatic rings. The zero-order valence-electron chi connectivity index (χ0n) is 15.5. The van der Waals surface area contributed by atoms with Gasteiger partial charge in [0.2, 0.25) is 5.76 Å². The van der Waals surface area contributed by atoms with Gasteiger partial charge in [-0.1, -0.05) is 18.2 Å². The summed E-state index contributed by atoms with van der Waals surface area (Å²) < 4.78 is 21.4. The van der Waals surface area contributed by atoms with Gasteiger partial charge in [-0.25, -0.2) is 4.79 Å². The van der Waals surface area contributed by atoms with Crippen LogP contribution in [-0.4, -0.2) is 37.5 Å². The van der Waals surface area contributed by atoms with Gasteiger partial charge in [0.15, 0.2) is 6.61 Å². The van der Waals surface area contributed by atoms with Crippen molar-refractivity contribution >= 4 is 22.8 Å². The monoisotopic (exact) mass is 371 g/mol. The summed E-state index contributed by atoms with van der Waals surface area (Å²) in [5, 5.41) is 0.780. The molecule has 1 amide bonds. The maximum atomic E-state index is 12.4. The summed E-state index contributed by atoms with van der Waals surface area (Å²) in [6.07, 6.45) is 0. The third-order valence-electron chi connectivity index (χ3n) is 4.11. The van der Waals surface area contributed by atoms with Gasteiger partial charge in [0.1, 0.15) is 17.1 Å². The standard InChI is InChI=1S/C20H21NO6/c1-13-8-9-14(26-13)10-21(2)18(22)12-25-20(23)19-16(11-24-3)15-6-4-5-7-17(15)27-19/h4-9H,10-12H2,1-3H3. The number of carbonyl (C=O) groups excluding carboxylic acids is 2. The highest BCUT2D eigenvalue weighted by Gasteiger charge is 2.23. The van der Waals surface area contributed by atoms with Crippen LogP contribution in [0.1, 0.15) is 27.6 Å². The van der Waals surface area contributed by atoms with Crippen LogP contribution in [0.2, 0.25) is 0 Å². The van der Waals surface area contributed by atoms with Crippen LogP contribution in [0.3, 0.4) is 0 Å². The molecule has 142 valence electrons. The smallest absolute Gasteiger partial charge is 0.375 e. The first-order valence-corrected chi connectivity index (χ1v) is 8.45. The number of hydrogen-bond acceptors (Lipinski definition) is 6. The number of hydrogen-bond donors (Lipinski definition) is 0. The van der Waals surface area contributed by atoms with Gasteiger partial charge in [-0.05, 0) is 25.1 Å². The molecule has 27 heavy (non-hydrogen) atoms. The summed E-state index contributed by atoms with van der Waals surface area (Å²) in [7, 11) is 3.15. The maximum Gasteiger partial charge on any atom is 0.375 e. The van der Waals surface area contributed by atoms with Crippen LogP contribution < -0.4 is 0 Å². The first kappa shape index (κ1) is 18.7. The maximum absolute atomic E-state index is 12.4. The molecule has 7 heteroatoms. The minimum Gasteiger partial charge on any atom is -0.464 e. The number of methoxy groups -OCH3 is 1. The Morgan fingerprint density at radius 3 is 2.59 bits per heavy atom. The number of amides is 1. The zero-order valence-corrected chi connectivity index (χ0v) is 15.5. The Morgan fingerprint density at radius 2 is 1.89 bits per heavy atom. The second kappa shape index (κ2) is 8.09. The number of nitrogens with zero attached hydrogens (tertiary/aromatic N) is 1. The number of ether oxygens (including phenoxy) is 2. The fourth-order valence-corrected chi connectivity index (χ4v) is 2.75. The number of aryl methyl sites for hydroxylation is 1. The van der Waals surface area contributed by atoms with Crippen LogP contribution in [0.15, 0.2) is 45.2 Å². The SMILES string of the molecule is COCc1c(C(=O)OCC(=O)N(C)Cc2ccc(C)o2)oc2ccccc12. The molecule has 0 saturated carbocycles. The van der Waals surface area contributed by atoms with Crippen molar-refractivity contribution in [2.75, 3.05) is 20.8 Å². The molecule has 3 aromatic rings.